The van der Waals surface area contributed by atoms with Crippen molar-refractivity contribution in [2.24, 2.45) is 5.73 Å². The Morgan fingerprint density at radius 1 is 1.33 bits per heavy atom. The lowest BCUT2D eigenvalue weighted by molar-refractivity contribution is -0.137. The molecular formula is C13H18N2O3. The molecule has 18 heavy (non-hydrogen) atoms. The molecule has 0 spiro atoms. The van der Waals surface area contributed by atoms with Gasteiger partial charge in [-0.15, -0.1) is 0 Å². The van der Waals surface area contributed by atoms with E-state index in [0.29, 0.717) is 0 Å². The summed E-state index contributed by atoms with van der Waals surface area (Å²) in [6.07, 6.45) is -0.0447. The van der Waals surface area contributed by atoms with Crippen LogP contribution in [0.3, 0.4) is 0 Å². The highest BCUT2D eigenvalue weighted by molar-refractivity contribution is 5.68. The van der Waals surface area contributed by atoms with Crippen molar-refractivity contribution in [2.45, 2.75) is 12.5 Å². The van der Waals surface area contributed by atoms with Crippen molar-refractivity contribution in [3.05, 3.63) is 29.8 Å². The summed E-state index contributed by atoms with van der Waals surface area (Å²) in [5.41, 5.74) is 7.80. The van der Waals surface area contributed by atoms with Crippen molar-refractivity contribution < 1.29 is 14.6 Å². The quantitative estimate of drug-likeness (QED) is 0.833. The van der Waals surface area contributed by atoms with Gasteiger partial charge in [-0.3, -0.25) is 4.79 Å². The highest BCUT2D eigenvalue weighted by Gasteiger charge is 2.13. The Bertz CT molecular complexity index is 399. The van der Waals surface area contributed by atoms with Crippen LogP contribution in [-0.2, 0) is 9.53 Å². The third kappa shape index (κ3) is 3.21. The number of morpholine rings is 1. The fourth-order valence-corrected chi connectivity index (χ4v) is 2.06. The Kier molecular flexibility index (Phi) is 4.17. The molecule has 1 fully saturated rings. The van der Waals surface area contributed by atoms with Crippen molar-refractivity contribution in [3.8, 4) is 0 Å². The van der Waals surface area contributed by atoms with E-state index >= 15 is 0 Å². The predicted molar refractivity (Wildman–Crippen MR) is 68.7 cm³/mol. The van der Waals surface area contributed by atoms with Gasteiger partial charge >= 0.3 is 5.97 Å². The largest absolute Gasteiger partial charge is 0.481 e. The van der Waals surface area contributed by atoms with Crippen LogP contribution in [0.15, 0.2) is 24.3 Å². The van der Waals surface area contributed by atoms with Gasteiger partial charge in [0.2, 0.25) is 0 Å². The molecule has 1 atom stereocenters. The normalized spacial score (nSPS) is 17.5. The lowest BCUT2D eigenvalue weighted by Gasteiger charge is -2.29. The lowest BCUT2D eigenvalue weighted by Crippen LogP contribution is -2.36. The minimum atomic E-state index is -0.875. The van der Waals surface area contributed by atoms with E-state index in [1.807, 2.05) is 24.3 Å². The molecule has 3 N–H and O–H groups in total. The molecule has 1 saturated heterocycles. The second-order valence-corrected chi connectivity index (χ2v) is 4.40. The number of carboxylic acids is 1. The average Bonchev–Trinajstić information content (AvgIpc) is 2.39. The highest BCUT2D eigenvalue weighted by Crippen LogP contribution is 2.20. The molecule has 5 heteroatoms. The first-order valence-corrected chi connectivity index (χ1v) is 6.07. The summed E-state index contributed by atoms with van der Waals surface area (Å²) < 4.78 is 5.30. The number of nitrogens with two attached hydrogens (primary N) is 1. The Labute approximate surface area is 106 Å². The molecule has 1 aliphatic heterocycles. The number of nitrogens with zero attached hydrogens (tertiary/aromatic N) is 1. The van der Waals surface area contributed by atoms with Crippen LogP contribution >= 0.6 is 0 Å². The summed E-state index contributed by atoms with van der Waals surface area (Å²) in [7, 11) is 0. The van der Waals surface area contributed by atoms with E-state index in [-0.39, 0.29) is 6.42 Å². The van der Waals surface area contributed by atoms with E-state index in [1.165, 1.54) is 0 Å². The molecule has 1 heterocycles. The second-order valence-electron chi connectivity index (χ2n) is 4.40. The number of anilines is 1. The number of ether oxygens (including phenoxy) is 1. The summed E-state index contributed by atoms with van der Waals surface area (Å²) in [5.74, 6) is -0.875. The fourth-order valence-electron chi connectivity index (χ4n) is 2.06. The first-order valence-electron chi connectivity index (χ1n) is 6.07. The third-order valence-corrected chi connectivity index (χ3v) is 3.09. The van der Waals surface area contributed by atoms with Gasteiger partial charge in [-0.05, 0) is 17.7 Å². The first-order chi connectivity index (χ1) is 8.66. The zero-order chi connectivity index (χ0) is 13.0. The zero-order valence-electron chi connectivity index (χ0n) is 10.2. The number of rotatable bonds is 4. The molecule has 0 unspecified atom stereocenters. The van der Waals surface area contributed by atoms with Crippen molar-refractivity contribution in [1.29, 1.82) is 0 Å². The van der Waals surface area contributed by atoms with Gasteiger partial charge in [0.1, 0.15) is 0 Å². The molecule has 1 aliphatic rings. The lowest BCUT2D eigenvalue weighted by atomic mass is 10.0. The van der Waals surface area contributed by atoms with Gasteiger partial charge in [-0.2, -0.15) is 0 Å². The van der Waals surface area contributed by atoms with Crippen LogP contribution in [-0.4, -0.2) is 37.4 Å². The van der Waals surface area contributed by atoms with Gasteiger partial charge in [0.15, 0.2) is 0 Å². The molecule has 0 amide bonds. The van der Waals surface area contributed by atoms with E-state index in [9.17, 15) is 4.79 Å². The molecule has 0 aliphatic carbocycles. The second kappa shape index (κ2) is 5.84. The smallest absolute Gasteiger partial charge is 0.305 e. The van der Waals surface area contributed by atoms with Crippen LogP contribution in [0.4, 0.5) is 5.69 Å². The van der Waals surface area contributed by atoms with Crippen LogP contribution < -0.4 is 10.6 Å². The number of carbonyl (C=O) groups is 1. The SMILES string of the molecule is N[C@@H](CC(=O)O)c1ccc(N2CCOCC2)cc1. The van der Waals surface area contributed by atoms with Crippen LogP contribution in [0, 0.1) is 0 Å². The number of carboxylic acid groups (broad SMARTS) is 1. The topological polar surface area (TPSA) is 75.8 Å². The Balaban J connectivity index is 2.02. The third-order valence-electron chi connectivity index (χ3n) is 3.09. The first kappa shape index (κ1) is 12.9. The van der Waals surface area contributed by atoms with Crippen molar-refractivity contribution in [2.75, 3.05) is 31.2 Å². The van der Waals surface area contributed by atoms with Gasteiger partial charge in [0, 0.05) is 24.8 Å². The highest BCUT2D eigenvalue weighted by atomic mass is 16.5. The maximum atomic E-state index is 10.6. The fraction of sp³-hybridized carbons (Fsp3) is 0.462. The summed E-state index contributed by atoms with van der Waals surface area (Å²) in [6, 6.07) is 7.34. The van der Waals surface area contributed by atoms with Crippen LogP contribution in [0.25, 0.3) is 0 Å². The summed E-state index contributed by atoms with van der Waals surface area (Å²) in [4.78, 5) is 12.8. The van der Waals surface area contributed by atoms with E-state index in [4.69, 9.17) is 15.6 Å². The Hall–Kier alpha value is -1.59. The number of hydrogen-bond acceptors (Lipinski definition) is 4. The van der Waals surface area contributed by atoms with E-state index < -0.39 is 12.0 Å². The van der Waals surface area contributed by atoms with Crippen molar-refractivity contribution >= 4 is 11.7 Å². The molecular weight excluding hydrogens is 232 g/mol. The molecule has 0 radical (unpaired) electrons. The molecule has 1 aromatic rings. The minimum Gasteiger partial charge on any atom is -0.481 e. The molecule has 0 saturated carbocycles. The van der Waals surface area contributed by atoms with Crippen LogP contribution in [0.5, 0.6) is 0 Å². The molecule has 0 bridgehead atoms. The predicted octanol–water partition coefficient (Wildman–Crippen LogP) is 0.998. The number of benzene rings is 1. The average molecular weight is 250 g/mol. The van der Waals surface area contributed by atoms with E-state index in [2.05, 4.69) is 4.90 Å². The van der Waals surface area contributed by atoms with Gasteiger partial charge < -0.3 is 20.5 Å². The van der Waals surface area contributed by atoms with E-state index in [0.717, 1.165) is 37.6 Å². The van der Waals surface area contributed by atoms with E-state index in [1.54, 1.807) is 0 Å². The number of aliphatic carboxylic acids is 1. The van der Waals surface area contributed by atoms with Gasteiger partial charge in [-0.1, -0.05) is 12.1 Å². The van der Waals surface area contributed by atoms with Gasteiger partial charge in [0.25, 0.3) is 0 Å². The zero-order valence-corrected chi connectivity index (χ0v) is 10.2. The van der Waals surface area contributed by atoms with Crippen LogP contribution in [0.2, 0.25) is 0 Å². The molecule has 98 valence electrons. The maximum absolute atomic E-state index is 10.6. The monoisotopic (exact) mass is 250 g/mol. The van der Waals surface area contributed by atoms with Gasteiger partial charge in [-0.25, -0.2) is 0 Å². The molecule has 2 rings (SSSR count). The van der Waals surface area contributed by atoms with Crippen molar-refractivity contribution in [3.63, 3.8) is 0 Å². The number of hydrogen-bond donors (Lipinski definition) is 2. The standard InChI is InChI=1S/C13H18N2O3/c14-12(9-13(16)17)10-1-3-11(4-2-10)15-5-7-18-8-6-15/h1-4,12H,5-9,14H2,(H,16,17)/t12-/m0/s1. The van der Waals surface area contributed by atoms with Crippen molar-refractivity contribution in [1.82, 2.24) is 0 Å². The van der Waals surface area contributed by atoms with Gasteiger partial charge in [0.05, 0.1) is 19.6 Å². The summed E-state index contributed by atoms with van der Waals surface area (Å²) >= 11 is 0. The molecule has 5 nitrogen and oxygen atoms in total. The summed E-state index contributed by atoms with van der Waals surface area (Å²) in [6.45, 7) is 3.28. The molecule has 1 aromatic carbocycles. The minimum absolute atomic E-state index is 0.0447. The van der Waals surface area contributed by atoms with Crippen LogP contribution in [0.1, 0.15) is 18.0 Å². The molecule has 0 aromatic heterocycles. The maximum Gasteiger partial charge on any atom is 0.305 e. The Morgan fingerprint density at radius 3 is 2.50 bits per heavy atom. The summed E-state index contributed by atoms with van der Waals surface area (Å²) in [5, 5.41) is 8.70. The Morgan fingerprint density at radius 2 is 1.94 bits per heavy atom.